The van der Waals surface area contributed by atoms with Crippen LogP contribution in [0.2, 0.25) is 0 Å². The van der Waals surface area contributed by atoms with Crippen molar-refractivity contribution >= 4 is 17.9 Å². The Morgan fingerprint density at radius 1 is 0.735 bits per heavy atom. The molecule has 0 aliphatic heterocycles. The number of benzene rings is 2. The molecule has 0 saturated carbocycles. The Bertz CT molecular complexity index is 903. The SMILES string of the molecule is C=C.C=CC(=O)OCCCOc1ccc(OC(=O)c2ccc(OCCCOC(C)=O)cc2)cc1. The van der Waals surface area contributed by atoms with Crippen LogP contribution in [0, 0.1) is 0 Å². The molecule has 2 rings (SSSR count). The highest BCUT2D eigenvalue weighted by atomic mass is 16.5. The first-order chi connectivity index (χ1) is 16.5. The number of esters is 3. The van der Waals surface area contributed by atoms with E-state index in [1.807, 2.05) is 0 Å². The Morgan fingerprint density at radius 2 is 1.21 bits per heavy atom. The molecule has 0 aliphatic carbocycles. The average Bonchev–Trinajstić information content (AvgIpc) is 2.85. The largest absolute Gasteiger partial charge is 0.493 e. The standard InChI is InChI=1S/C24H26O8.C2H4/c1-3-23(26)31-17-5-16-30-21-10-12-22(13-11-21)32-24(27)19-6-8-20(9-7-19)29-15-4-14-28-18(2)25;1-2/h3,6-13H,1,4-5,14-17H2,2H3;1-2H2. The fraction of sp³-hybridized carbons (Fsp3) is 0.269. The summed E-state index contributed by atoms with van der Waals surface area (Å²) in [6.45, 7) is 12.0. The summed E-state index contributed by atoms with van der Waals surface area (Å²) in [5, 5.41) is 0. The van der Waals surface area contributed by atoms with Crippen LogP contribution in [0.25, 0.3) is 0 Å². The van der Waals surface area contributed by atoms with Gasteiger partial charge in [-0.1, -0.05) is 6.58 Å². The van der Waals surface area contributed by atoms with Crippen LogP contribution >= 0.6 is 0 Å². The van der Waals surface area contributed by atoms with Crippen molar-refractivity contribution in [2.45, 2.75) is 19.8 Å². The monoisotopic (exact) mass is 470 g/mol. The molecule has 0 amide bonds. The molecule has 0 unspecified atom stereocenters. The summed E-state index contributed by atoms with van der Waals surface area (Å²) in [4.78, 5) is 33.9. The van der Waals surface area contributed by atoms with Gasteiger partial charge in [0.2, 0.25) is 0 Å². The van der Waals surface area contributed by atoms with E-state index in [4.69, 9.17) is 23.7 Å². The van der Waals surface area contributed by atoms with E-state index in [0.717, 1.165) is 6.08 Å². The van der Waals surface area contributed by atoms with Gasteiger partial charge in [-0.05, 0) is 48.5 Å². The zero-order valence-electron chi connectivity index (χ0n) is 19.3. The molecule has 0 atom stereocenters. The van der Waals surface area contributed by atoms with Crippen molar-refractivity contribution in [1.82, 2.24) is 0 Å². The number of hydrogen-bond donors (Lipinski definition) is 0. The van der Waals surface area contributed by atoms with Crippen LogP contribution in [0.3, 0.4) is 0 Å². The molecule has 0 bridgehead atoms. The Morgan fingerprint density at radius 3 is 1.71 bits per heavy atom. The van der Waals surface area contributed by atoms with Gasteiger partial charge < -0.3 is 23.7 Å². The normalized spacial score (nSPS) is 9.56. The van der Waals surface area contributed by atoms with Crippen LogP contribution < -0.4 is 14.2 Å². The van der Waals surface area contributed by atoms with Crippen LogP contribution in [-0.2, 0) is 19.1 Å². The Kier molecular flexibility index (Phi) is 13.6. The summed E-state index contributed by atoms with van der Waals surface area (Å²) in [6.07, 6.45) is 2.23. The number of hydrogen-bond acceptors (Lipinski definition) is 8. The predicted molar refractivity (Wildman–Crippen MR) is 127 cm³/mol. The maximum atomic E-state index is 12.3. The second-order valence-electron chi connectivity index (χ2n) is 6.50. The van der Waals surface area contributed by atoms with Gasteiger partial charge in [0.1, 0.15) is 17.2 Å². The van der Waals surface area contributed by atoms with Gasteiger partial charge >= 0.3 is 17.9 Å². The molecule has 0 N–H and O–H groups in total. The van der Waals surface area contributed by atoms with Crippen molar-refractivity contribution < 1.29 is 38.1 Å². The van der Waals surface area contributed by atoms with E-state index in [0.29, 0.717) is 55.5 Å². The molecule has 0 saturated heterocycles. The van der Waals surface area contributed by atoms with E-state index in [1.165, 1.54) is 6.92 Å². The van der Waals surface area contributed by atoms with E-state index in [-0.39, 0.29) is 12.6 Å². The number of ether oxygens (including phenoxy) is 5. The minimum Gasteiger partial charge on any atom is -0.493 e. The summed E-state index contributed by atoms with van der Waals surface area (Å²) in [6, 6.07) is 13.2. The summed E-state index contributed by atoms with van der Waals surface area (Å²) < 4.78 is 26.1. The van der Waals surface area contributed by atoms with Crippen LogP contribution in [0.5, 0.6) is 17.2 Å². The first-order valence-electron chi connectivity index (χ1n) is 10.6. The first kappa shape index (κ1) is 28.0. The quantitative estimate of drug-likeness (QED) is 0.138. The summed E-state index contributed by atoms with van der Waals surface area (Å²) >= 11 is 0. The third-order valence-corrected chi connectivity index (χ3v) is 3.96. The van der Waals surface area contributed by atoms with Gasteiger partial charge in [0.05, 0.1) is 32.0 Å². The molecule has 34 heavy (non-hydrogen) atoms. The zero-order valence-corrected chi connectivity index (χ0v) is 19.3. The fourth-order valence-electron chi connectivity index (χ4n) is 2.40. The van der Waals surface area contributed by atoms with Gasteiger partial charge in [-0.3, -0.25) is 4.79 Å². The van der Waals surface area contributed by atoms with Crippen molar-refractivity contribution in [2.24, 2.45) is 0 Å². The van der Waals surface area contributed by atoms with E-state index < -0.39 is 11.9 Å². The van der Waals surface area contributed by atoms with Gasteiger partial charge in [-0.25, -0.2) is 9.59 Å². The molecule has 0 spiro atoms. The highest BCUT2D eigenvalue weighted by Gasteiger charge is 2.09. The Labute approximate surface area is 199 Å². The van der Waals surface area contributed by atoms with Crippen LogP contribution in [0.15, 0.2) is 74.3 Å². The third kappa shape index (κ3) is 11.5. The van der Waals surface area contributed by atoms with Crippen molar-refractivity contribution in [1.29, 1.82) is 0 Å². The lowest BCUT2D eigenvalue weighted by Gasteiger charge is -2.09. The van der Waals surface area contributed by atoms with Gasteiger partial charge in [-0.15, -0.1) is 13.2 Å². The summed E-state index contributed by atoms with van der Waals surface area (Å²) in [5.41, 5.74) is 0.381. The molecule has 0 heterocycles. The third-order valence-electron chi connectivity index (χ3n) is 3.96. The van der Waals surface area contributed by atoms with E-state index in [1.54, 1.807) is 48.5 Å². The average molecular weight is 471 g/mol. The Hall–Kier alpha value is -4.07. The molecular weight excluding hydrogens is 440 g/mol. The van der Waals surface area contributed by atoms with Gasteiger partial charge in [-0.2, -0.15) is 0 Å². The van der Waals surface area contributed by atoms with E-state index in [2.05, 4.69) is 19.7 Å². The maximum Gasteiger partial charge on any atom is 0.343 e. The molecule has 2 aromatic rings. The van der Waals surface area contributed by atoms with Crippen molar-refractivity contribution in [3.63, 3.8) is 0 Å². The molecule has 182 valence electrons. The first-order valence-corrected chi connectivity index (χ1v) is 10.6. The van der Waals surface area contributed by atoms with Gasteiger partial charge in [0, 0.05) is 25.8 Å². The molecule has 0 aromatic heterocycles. The molecule has 8 nitrogen and oxygen atoms in total. The molecular formula is C26H30O8. The van der Waals surface area contributed by atoms with E-state index >= 15 is 0 Å². The number of carbonyl (C=O) groups excluding carboxylic acids is 3. The predicted octanol–water partition coefficient (Wildman–Crippen LogP) is 4.54. The highest BCUT2D eigenvalue weighted by Crippen LogP contribution is 2.20. The lowest BCUT2D eigenvalue weighted by molar-refractivity contribution is -0.141. The van der Waals surface area contributed by atoms with Crippen LogP contribution in [-0.4, -0.2) is 44.3 Å². The summed E-state index contributed by atoms with van der Waals surface area (Å²) in [7, 11) is 0. The molecule has 2 aromatic carbocycles. The molecule has 0 radical (unpaired) electrons. The fourth-order valence-corrected chi connectivity index (χ4v) is 2.40. The van der Waals surface area contributed by atoms with Crippen molar-refractivity contribution in [3.8, 4) is 17.2 Å². The van der Waals surface area contributed by atoms with Crippen LogP contribution in [0.4, 0.5) is 0 Å². The minimum absolute atomic E-state index is 0.249. The lowest BCUT2D eigenvalue weighted by atomic mass is 10.2. The molecule has 8 heteroatoms. The van der Waals surface area contributed by atoms with Crippen LogP contribution in [0.1, 0.15) is 30.1 Å². The van der Waals surface area contributed by atoms with E-state index in [9.17, 15) is 14.4 Å². The van der Waals surface area contributed by atoms with Gasteiger partial charge in [0.15, 0.2) is 0 Å². The second kappa shape index (κ2) is 16.5. The number of rotatable bonds is 13. The molecule has 0 aliphatic rings. The number of carbonyl (C=O) groups is 3. The zero-order chi connectivity index (χ0) is 25.2. The summed E-state index contributed by atoms with van der Waals surface area (Å²) in [5.74, 6) is 0.311. The minimum atomic E-state index is -0.496. The lowest BCUT2D eigenvalue weighted by Crippen LogP contribution is -2.09. The Balaban J connectivity index is 0.00000281. The van der Waals surface area contributed by atoms with Gasteiger partial charge in [0.25, 0.3) is 0 Å². The maximum absolute atomic E-state index is 12.3. The second-order valence-corrected chi connectivity index (χ2v) is 6.50. The van der Waals surface area contributed by atoms with Crippen molar-refractivity contribution in [3.05, 3.63) is 79.9 Å². The topological polar surface area (TPSA) is 97.4 Å². The smallest absolute Gasteiger partial charge is 0.343 e. The molecule has 0 fully saturated rings. The highest BCUT2D eigenvalue weighted by molar-refractivity contribution is 5.91. The van der Waals surface area contributed by atoms with Crippen molar-refractivity contribution in [2.75, 3.05) is 26.4 Å².